The molecule has 2 aromatic heterocycles. The lowest BCUT2D eigenvalue weighted by molar-refractivity contribution is 0.0945. The number of nitrogens with zero attached hydrogens (tertiary/aromatic N) is 1. The number of pyridine rings is 2. The Morgan fingerprint density at radius 1 is 1.39 bits per heavy atom. The molecule has 0 aliphatic heterocycles. The highest BCUT2D eigenvalue weighted by Crippen LogP contribution is 2.04. The van der Waals surface area contributed by atoms with Crippen LogP contribution in [0.4, 0.5) is 0 Å². The highest BCUT2D eigenvalue weighted by atomic mass is 16.2. The molecule has 2 heterocycles. The summed E-state index contributed by atoms with van der Waals surface area (Å²) in [6.07, 6.45) is 3.42. The van der Waals surface area contributed by atoms with Crippen LogP contribution in [0.1, 0.15) is 21.6 Å². The molecule has 2 rings (SSSR count). The minimum Gasteiger partial charge on any atom is -0.347 e. The Hall–Kier alpha value is -2.43. The van der Waals surface area contributed by atoms with E-state index in [4.69, 9.17) is 0 Å². The van der Waals surface area contributed by atoms with Gasteiger partial charge in [0.05, 0.1) is 0 Å². The maximum absolute atomic E-state index is 11.8. The van der Waals surface area contributed by atoms with Crippen molar-refractivity contribution in [3.63, 3.8) is 0 Å². The van der Waals surface area contributed by atoms with Gasteiger partial charge in [-0.3, -0.25) is 14.6 Å². The molecule has 0 radical (unpaired) electrons. The number of H-pyrrole nitrogens is 1. The fourth-order valence-corrected chi connectivity index (χ4v) is 1.55. The van der Waals surface area contributed by atoms with Crippen LogP contribution >= 0.6 is 0 Å². The summed E-state index contributed by atoms with van der Waals surface area (Å²) in [4.78, 5) is 29.3. The van der Waals surface area contributed by atoms with Gasteiger partial charge in [0.15, 0.2) is 0 Å². The lowest BCUT2D eigenvalue weighted by atomic mass is 10.1. The van der Waals surface area contributed by atoms with Gasteiger partial charge in [0, 0.05) is 25.0 Å². The van der Waals surface area contributed by atoms with Crippen LogP contribution in [-0.4, -0.2) is 15.9 Å². The van der Waals surface area contributed by atoms with E-state index in [0.29, 0.717) is 6.54 Å². The van der Waals surface area contributed by atoms with Crippen molar-refractivity contribution in [2.45, 2.75) is 13.5 Å². The Morgan fingerprint density at radius 2 is 2.22 bits per heavy atom. The van der Waals surface area contributed by atoms with Gasteiger partial charge < -0.3 is 10.3 Å². The Labute approximate surface area is 104 Å². The molecule has 0 bridgehead atoms. The van der Waals surface area contributed by atoms with Crippen LogP contribution in [0.3, 0.4) is 0 Å². The smallest absolute Gasteiger partial charge is 0.268 e. The third kappa shape index (κ3) is 2.82. The zero-order valence-electron chi connectivity index (χ0n) is 9.93. The van der Waals surface area contributed by atoms with Crippen molar-refractivity contribution in [2.75, 3.05) is 0 Å². The molecule has 0 saturated carbocycles. The third-order valence-corrected chi connectivity index (χ3v) is 2.59. The van der Waals surface area contributed by atoms with Crippen LogP contribution in [-0.2, 0) is 6.54 Å². The third-order valence-electron chi connectivity index (χ3n) is 2.59. The molecule has 5 heteroatoms. The molecule has 2 aromatic rings. The van der Waals surface area contributed by atoms with Crippen molar-refractivity contribution >= 4 is 5.91 Å². The summed E-state index contributed by atoms with van der Waals surface area (Å²) in [7, 11) is 0. The van der Waals surface area contributed by atoms with Gasteiger partial charge in [0.1, 0.15) is 5.69 Å². The molecule has 0 aliphatic carbocycles. The molecule has 2 N–H and O–H groups in total. The summed E-state index contributed by atoms with van der Waals surface area (Å²) in [6, 6.07) is 6.33. The first kappa shape index (κ1) is 12.0. The number of aromatic nitrogens is 2. The molecule has 0 saturated heterocycles. The molecule has 0 spiro atoms. The fourth-order valence-electron chi connectivity index (χ4n) is 1.55. The van der Waals surface area contributed by atoms with Crippen molar-refractivity contribution in [3.05, 3.63) is 63.8 Å². The lowest BCUT2D eigenvalue weighted by Gasteiger charge is -2.07. The van der Waals surface area contributed by atoms with E-state index in [1.165, 1.54) is 6.07 Å². The summed E-state index contributed by atoms with van der Waals surface area (Å²) < 4.78 is 0. The molecular formula is C13H13N3O2. The lowest BCUT2D eigenvalue weighted by Crippen LogP contribution is -2.26. The number of aryl methyl sites for hydroxylation is 1. The topological polar surface area (TPSA) is 74.8 Å². The molecule has 0 unspecified atom stereocenters. The zero-order chi connectivity index (χ0) is 13.0. The predicted molar refractivity (Wildman–Crippen MR) is 67.2 cm³/mol. The SMILES string of the molecule is Cc1cnccc1CNC(=O)c1cccc(=O)[nH]1. The number of aromatic amines is 1. The highest BCUT2D eigenvalue weighted by molar-refractivity contribution is 5.92. The van der Waals surface area contributed by atoms with Crippen molar-refractivity contribution in [1.82, 2.24) is 15.3 Å². The van der Waals surface area contributed by atoms with Gasteiger partial charge in [-0.15, -0.1) is 0 Å². The van der Waals surface area contributed by atoms with Crippen LogP contribution in [0.2, 0.25) is 0 Å². The maximum Gasteiger partial charge on any atom is 0.268 e. The second-order valence-corrected chi connectivity index (χ2v) is 3.91. The Kier molecular flexibility index (Phi) is 3.52. The molecule has 0 aromatic carbocycles. The van der Waals surface area contributed by atoms with Crippen molar-refractivity contribution in [2.24, 2.45) is 0 Å². The molecular weight excluding hydrogens is 230 g/mol. The van der Waals surface area contributed by atoms with Gasteiger partial charge in [0.2, 0.25) is 5.56 Å². The molecule has 0 aliphatic rings. The van der Waals surface area contributed by atoms with E-state index in [9.17, 15) is 9.59 Å². The maximum atomic E-state index is 11.8. The van der Waals surface area contributed by atoms with E-state index in [1.807, 2.05) is 13.0 Å². The zero-order valence-corrected chi connectivity index (χ0v) is 9.93. The number of hydrogen-bond donors (Lipinski definition) is 2. The van der Waals surface area contributed by atoms with Crippen LogP contribution in [0.5, 0.6) is 0 Å². The summed E-state index contributed by atoms with van der Waals surface area (Å²) in [5, 5.41) is 2.75. The quantitative estimate of drug-likeness (QED) is 0.844. The molecule has 18 heavy (non-hydrogen) atoms. The van der Waals surface area contributed by atoms with E-state index in [-0.39, 0.29) is 17.2 Å². The Morgan fingerprint density at radius 3 is 2.94 bits per heavy atom. The van der Waals surface area contributed by atoms with Gasteiger partial charge >= 0.3 is 0 Å². The molecule has 0 atom stereocenters. The number of carbonyl (C=O) groups excluding carboxylic acids is 1. The molecule has 0 fully saturated rings. The first-order chi connectivity index (χ1) is 8.66. The number of hydrogen-bond acceptors (Lipinski definition) is 3. The van der Waals surface area contributed by atoms with Gasteiger partial charge in [0.25, 0.3) is 5.91 Å². The second kappa shape index (κ2) is 5.27. The standard InChI is InChI=1S/C13H13N3O2/c1-9-7-14-6-5-10(9)8-15-13(18)11-3-2-4-12(17)16-11/h2-7H,8H2,1H3,(H,15,18)(H,16,17). The molecule has 5 nitrogen and oxygen atoms in total. The van der Waals surface area contributed by atoms with Crippen LogP contribution < -0.4 is 10.9 Å². The Balaban J connectivity index is 2.05. The first-order valence-corrected chi connectivity index (χ1v) is 5.54. The Bertz CT molecular complexity index is 619. The van der Waals surface area contributed by atoms with Crippen molar-refractivity contribution in [1.29, 1.82) is 0 Å². The van der Waals surface area contributed by atoms with Gasteiger partial charge in [-0.1, -0.05) is 6.07 Å². The number of amides is 1. The van der Waals surface area contributed by atoms with Gasteiger partial charge in [-0.2, -0.15) is 0 Å². The van der Waals surface area contributed by atoms with E-state index in [2.05, 4.69) is 15.3 Å². The van der Waals surface area contributed by atoms with E-state index >= 15 is 0 Å². The fraction of sp³-hybridized carbons (Fsp3) is 0.154. The summed E-state index contributed by atoms with van der Waals surface area (Å²) in [5.74, 6) is -0.302. The van der Waals surface area contributed by atoms with E-state index in [0.717, 1.165) is 11.1 Å². The number of carbonyl (C=O) groups is 1. The second-order valence-electron chi connectivity index (χ2n) is 3.91. The van der Waals surface area contributed by atoms with Crippen molar-refractivity contribution in [3.8, 4) is 0 Å². The summed E-state index contributed by atoms with van der Waals surface area (Å²) >= 11 is 0. The normalized spacial score (nSPS) is 10.1. The van der Waals surface area contributed by atoms with E-state index in [1.54, 1.807) is 24.5 Å². The van der Waals surface area contributed by atoms with Crippen molar-refractivity contribution < 1.29 is 4.79 Å². The number of nitrogens with one attached hydrogen (secondary N) is 2. The summed E-state index contributed by atoms with van der Waals surface area (Å²) in [6.45, 7) is 2.34. The van der Waals surface area contributed by atoms with Crippen LogP contribution in [0.15, 0.2) is 41.5 Å². The average molecular weight is 243 g/mol. The van der Waals surface area contributed by atoms with Crippen LogP contribution in [0, 0.1) is 6.92 Å². The van der Waals surface area contributed by atoms with Gasteiger partial charge in [-0.05, 0) is 30.2 Å². The summed E-state index contributed by atoms with van der Waals surface area (Å²) in [5.41, 5.74) is 1.98. The minimum atomic E-state index is -0.302. The molecule has 1 amide bonds. The first-order valence-electron chi connectivity index (χ1n) is 5.54. The van der Waals surface area contributed by atoms with Crippen LogP contribution in [0.25, 0.3) is 0 Å². The predicted octanol–water partition coefficient (Wildman–Crippen LogP) is 1.01. The number of rotatable bonds is 3. The average Bonchev–Trinajstić information content (AvgIpc) is 2.37. The highest BCUT2D eigenvalue weighted by Gasteiger charge is 2.06. The minimum absolute atomic E-state index is 0.259. The molecule has 92 valence electrons. The largest absolute Gasteiger partial charge is 0.347 e. The van der Waals surface area contributed by atoms with E-state index < -0.39 is 0 Å². The van der Waals surface area contributed by atoms with Gasteiger partial charge in [-0.25, -0.2) is 0 Å². The monoisotopic (exact) mass is 243 g/mol.